The smallest absolute Gasteiger partial charge is 0.435 e. The minimum atomic E-state index is -0.724. The number of carbonyl (C=O) groups is 3. The van der Waals surface area contributed by atoms with E-state index in [-0.39, 0.29) is 29.3 Å². The molecule has 4 aromatic rings. The van der Waals surface area contributed by atoms with Gasteiger partial charge >= 0.3 is 6.09 Å². The van der Waals surface area contributed by atoms with Gasteiger partial charge in [0.2, 0.25) is 0 Å². The van der Waals surface area contributed by atoms with Crippen LogP contribution in [0.1, 0.15) is 78.5 Å². The first kappa shape index (κ1) is 29.1. The van der Waals surface area contributed by atoms with Crippen molar-refractivity contribution in [2.24, 2.45) is 0 Å². The zero-order chi connectivity index (χ0) is 29.7. The van der Waals surface area contributed by atoms with Gasteiger partial charge < -0.3 is 19.8 Å². The Hall–Kier alpha value is -4.44. The van der Waals surface area contributed by atoms with Crippen LogP contribution in [0.4, 0.5) is 10.6 Å². The lowest BCUT2D eigenvalue weighted by Gasteiger charge is -2.26. The molecule has 42 heavy (non-hydrogen) atoms. The second kappa shape index (κ2) is 12.6. The highest BCUT2D eigenvalue weighted by Crippen LogP contribution is 2.29. The molecule has 2 aromatic carbocycles. The van der Waals surface area contributed by atoms with Gasteiger partial charge in [0.15, 0.2) is 17.2 Å². The van der Waals surface area contributed by atoms with Crippen molar-refractivity contribution in [3.8, 4) is 0 Å². The maximum absolute atomic E-state index is 13.3. The molecule has 5 rings (SSSR count). The molecule has 2 N–H and O–H groups in total. The van der Waals surface area contributed by atoms with Crippen LogP contribution in [0, 0.1) is 0 Å². The molecule has 0 radical (unpaired) electrons. The van der Waals surface area contributed by atoms with E-state index in [4.69, 9.17) is 9.15 Å². The molecular formula is C32H37N5O5. The fourth-order valence-electron chi connectivity index (χ4n) is 5.02. The number of unbranched alkanes of at least 4 members (excludes halogenated alkanes) is 1. The van der Waals surface area contributed by atoms with Gasteiger partial charge in [-0.15, -0.1) is 5.10 Å². The van der Waals surface area contributed by atoms with E-state index >= 15 is 0 Å². The molecule has 0 spiro atoms. The summed E-state index contributed by atoms with van der Waals surface area (Å²) in [4.78, 5) is 41.7. The van der Waals surface area contributed by atoms with Crippen molar-refractivity contribution < 1.29 is 23.5 Å². The number of ether oxygens (including phenoxy) is 1. The third-order valence-electron chi connectivity index (χ3n) is 7.45. The number of fused-ring (bicyclic) bond motifs is 1. The summed E-state index contributed by atoms with van der Waals surface area (Å²) >= 11 is 0. The van der Waals surface area contributed by atoms with E-state index in [9.17, 15) is 14.4 Å². The number of rotatable bonds is 10. The predicted octanol–water partition coefficient (Wildman–Crippen LogP) is 5.93. The van der Waals surface area contributed by atoms with Crippen LogP contribution >= 0.6 is 0 Å². The van der Waals surface area contributed by atoms with Gasteiger partial charge in [-0.2, -0.15) is 4.68 Å². The number of carbonyl (C=O) groups excluding carboxylic acids is 3. The topological polar surface area (TPSA) is 119 Å². The molecule has 10 heteroatoms. The van der Waals surface area contributed by atoms with Gasteiger partial charge in [0.05, 0.1) is 12.1 Å². The van der Waals surface area contributed by atoms with E-state index in [0.29, 0.717) is 12.0 Å². The number of aromatic nitrogens is 2. The van der Waals surface area contributed by atoms with Crippen LogP contribution in [0.2, 0.25) is 0 Å². The second-order valence-corrected chi connectivity index (χ2v) is 11.1. The number of amides is 2. The van der Waals surface area contributed by atoms with Gasteiger partial charge in [0.25, 0.3) is 11.8 Å². The van der Waals surface area contributed by atoms with Gasteiger partial charge in [-0.25, -0.2) is 4.79 Å². The fraction of sp³-hybridized carbons (Fsp3) is 0.375. The van der Waals surface area contributed by atoms with E-state index < -0.39 is 23.4 Å². The molecule has 0 aliphatic carbocycles. The van der Waals surface area contributed by atoms with Crippen molar-refractivity contribution in [1.82, 2.24) is 20.0 Å². The van der Waals surface area contributed by atoms with Gasteiger partial charge in [-0.3, -0.25) is 14.5 Å². The lowest BCUT2D eigenvalue weighted by Crippen LogP contribution is -2.40. The fourth-order valence-corrected chi connectivity index (χ4v) is 5.02. The first-order chi connectivity index (χ1) is 20.2. The summed E-state index contributed by atoms with van der Waals surface area (Å²) in [5, 5.41) is 10.0. The van der Waals surface area contributed by atoms with E-state index in [1.165, 1.54) is 18.9 Å². The molecule has 10 nitrogen and oxygen atoms in total. The number of furan rings is 1. The molecule has 220 valence electrons. The van der Waals surface area contributed by atoms with Crippen molar-refractivity contribution in [2.45, 2.75) is 58.5 Å². The van der Waals surface area contributed by atoms with Gasteiger partial charge in [-0.05, 0) is 69.5 Å². The predicted molar refractivity (Wildman–Crippen MR) is 159 cm³/mol. The summed E-state index contributed by atoms with van der Waals surface area (Å²) in [6.07, 6.45) is 3.26. The monoisotopic (exact) mass is 571 g/mol. The molecule has 3 heterocycles. The Bertz CT molecular complexity index is 1550. The number of nitrogens with one attached hydrogen (secondary N) is 2. The largest absolute Gasteiger partial charge is 0.448 e. The molecule has 0 saturated carbocycles. The van der Waals surface area contributed by atoms with Gasteiger partial charge in [-0.1, -0.05) is 55.8 Å². The van der Waals surface area contributed by atoms with Crippen LogP contribution in [-0.4, -0.2) is 52.3 Å². The second-order valence-electron chi connectivity index (χ2n) is 11.1. The average Bonchev–Trinajstić information content (AvgIpc) is 3.72. The summed E-state index contributed by atoms with van der Waals surface area (Å²) in [5.74, 6) is -0.897. The first-order valence-corrected chi connectivity index (χ1v) is 14.5. The number of anilines is 1. The Morgan fingerprint density at radius 1 is 1.00 bits per heavy atom. The minimum Gasteiger partial charge on any atom is -0.448 e. The van der Waals surface area contributed by atoms with E-state index in [2.05, 4.69) is 20.6 Å². The number of benzene rings is 2. The third-order valence-corrected chi connectivity index (χ3v) is 7.45. The highest BCUT2D eigenvalue weighted by atomic mass is 16.6. The molecular weight excluding hydrogens is 534 g/mol. The molecule has 1 aliphatic heterocycles. The molecule has 0 bridgehead atoms. The lowest BCUT2D eigenvalue weighted by atomic mass is 9.94. The SMILES string of the molecule is CCCCOC(=O)n1nc(NC(=O)c2ccc(CN3CCCC3)cc2)c2oc(C(=O)NC(C)(C)c3ccccc3)cc21. The highest BCUT2D eigenvalue weighted by Gasteiger charge is 2.28. The Morgan fingerprint density at radius 3 is 2.40 bits per heavy atom. The quantitative estimate of drug-likeness (QED) is 0.227. The maximum atomic E-state index is 13.3. The normalized spacial score (nSPS) is 13.8. The zero-order valence-corrected chi connectivity index (χ0v) is 24.3. The Balaban J connectivity index is 1.38. The average molecular weight is 572 g/mol. The Labute approximate surface area is 245 Å². The first-order valence-electron chi connectivity index (χ1n) is 14.5. The molecule has 0 unspecified atom stereocenters. The Kier molecular flexibility index (Phi) is 8.72. The van der Waals surface area contributed by atoms with Crippen LogP contribution < -0.4 is 10.6 Å². The zero-order valence-electron chi connectivity index (χ0n) is 24.3. The van der Waals surface area contributed by atoms with Crippen LogP contribution in [0.3, 0.4) is 0 Å². The molecule has 1 aliphatic rings. The molecule has 1 saturated heterocycles. The van der Waals surface area contributed by atoms with Crippen LogP contribution in [0.15, 0.2) is 65.1 Å². The molecule has 2 aromatic heterocycles. The van der Waals surface area contributed by atoms with Crippen LogP contribution in [0.25, 0.3) is 11.1 Å². The number of nitrogens with zero attached hydrogens (tertiary/aromatic N) is 3. The summed E-state index contributed by atoms with van der Waals surface area (Å²) in [6, 6.07) is 18.4. The number of likely N-dealkylation sites (tertiary alicyclic amines) is 1. The van der Waals surface area contributed by atoms with E-state index in [1.54, 1.807) is 12.1 Å². The summed E-state index contributed by atoms with van der Waals surface area (Å²) < 4.78 is 12.3. The number of hydrogen-bond donors (Lipinski definition) is 2. The summed E-state index contributed by atoms with van der Waals surface area (Å²) in [6.45, 7) is 9.02. The highest BCUT2D eigenvalue weighted by molar-refractivity contribution is 6.08. The summed E-state index contributed by atoms with van der Waals surface area (Å²) in [7, 11) is 0. The minimum absolute atomic E-state index is 0.0185. The van der Waals surface area contributed by atoms with Crippen molar-refractivity contribution in [2.75, 3.05) is 25.0 Å². The lowest BCUT2D eigenvalue weighted by molar-refractivity contribution is 0.0885. The molecule has 2 amide bonds. The van der Waals surface area contributed by atoms with Crippen molar-refractivity contribution in [3.63, 3.8) is 0 Å². The van der Waals surface area contributed by atoms with Crippen molar-refractivity contribution in [3.05, 3.63) is 83.1 Å². The standard InChI is InChI=1S/C32H37N5O5/c1-4-5-19-41-31(40)37-25-20-26(30(39)34-32(2,3)24-11-7-6-8-12-24)42-27(25)28(35-37)33-29(38)23-15-13-22(14-16-23)21-36-17-9-10-18-36/h6-8,11-16,20H,4-5,9-10,17-19,21H2,1-3H3,(H,34,39)(H,33,35,38). The van der Waals surface area contributed by atoms with Crippen molar-refractivity contribution >= 4 is 34.8 Å². The van der Waals surface area contributed by atoms with E-state index in [1.807, 2.05) is 63.2 Å². The maximum Gasteiger partial charge on any atom is 0.435 e. The van der Waals surface area contributed by atoms with Crippen LogP contribution in [-0.2, 0) is 16.8 Å². The van der Waals surface area contributed by atoms with Gasteiger partial charge in [0.1, 0.15) is 5.52 Å². The van der Waals surface area contributed by atoms with Gasteiger partial charge in [0, 0.05) is 18.2 Å². The molecule has 1 fully saturated rings. The van der Waals surface area contributed by atoms with E-state index in [0.717, 1.165) is 41.9 Å². The third kappa shape index (κ3) is 6.54. The molecule has 0 atom stereocenters. The number of hydrogen-bond acceptors (Lipinski definition) is 7. The van der Waals surface area contributed by atoms with Crippen LogP contribution in [0.5, 0.6) is 0 Å². The van der Waals surface area contributed by atoms with Crippen molar-refractivity contribution in [1.29, 1.82) is 0 Å². The Morgan fingerprint density at radius 2 is 1.71 bits per heavy atom. The summed E-state index contributed by atoms with van der Waals surface area (Å²) in [5.41, 5.74) is 2.11.